The van der Waals surface area contributed by atoms with E-state index in [1.54, 1.807) is 19.0 Å². The normalized spacial score (nSPS) is 11.2. The molecule has 0 N–H and O–H groups in total. The fourth-order valence-electron chi connectivity index (χ4n) is 1.14. The molecule has 4 heteroatoms. The molecule has 0 saturated heterocycles. The highest BCUT2D eigenvalue weighted by Crippen LogP contribution is 2.10. The maximum atomic E-state index is 11.6. The van der Waals surface area contributed by atoms with Crippen molar-refractivity contribution in [3.63, 3.8) is 0 Å². The topological polar surface area (TPSA) is 23.6 Å². The minimum absolute atomic E-state index is 0.136. The predicted molar refractivity (Wildman–Crippen MR) is 54.8 cm³/mol. The fourth-order valence-corrected chi connectivity index (χ4v) is 2.86. The van der Waals surface area contributed by atoms with Gasteiger partial charge in [-0.2, -0.15) is 0 Å². The highest BCUT2D eigenvalue weighted by Gasteiger charge is 2.27. The van der Waals surface area contributed by atoms with Gasteiger partial charge in [-0.1, -0.05) is 19.6 Å². The van der Waals surface area contributed by atoms with Crippen LogP contribution in [0.4, 0.5) is 4.79 Å². The van der Waals surface area contributed by atoms with E-state index < -0.39 is 8.24 Å². The van der Waals surface area contributed by atoms with Crippen molar-refractivity contribution in [3.05, 3.63) is 0 Å². The molecule has 0 aliphatic heterocycles. The van der Waals surface area contributed by atoms with Crippen molar-refractivity contribution in [3.8, 4) is 0 Å². The average Bonchev–Trinajstić information content (AvgIpc) is 1.85. The third-order valence-electron chi connectivity index (χ3n) is 1.74. The van der Waals surface area contributed by atoms with E-state index in [4.69, 9.17) is 0 Å². The van der Waals surface area contributed by atoms with Crippen LogP contribution in [0.1, 0.15) is 6.92 Å². The SMILES string of the molecule is CCN(C(=O)N(C)C)[Si](C)(C)C. The highest BCUT2D eigenvalue weighted by molar-refractivity contribution is 6.75. The minimum Gasteiger partial charge on any atom is -0.353 e. The van der Waals surface area contributed by atoms with Gasteiger partial charge in [0.15, 0.2) is 8.24 Å². The zero-order valence-corrected chi connectivity index (χ0v) is 10.0. The first-order chi connectivity index (χ1) is 5.30. The van der Waals surface area contributed by atoms with Crippen molar-refractivity contribution in [1.29, 1.82) is 0 Å². The molecule has 0 unspecified atom stereocenters. The zero-order valence-electron chi connectivity index (χ0n) is 9.01. The number of carbonyl (C=O) groups is 1. The lowest BCUT2D eigenvalue weighted by Gasteiger charge is -2.35. The molecule has 0 aromatic heterocycles. The van der Waals surface area contributed by atoms with Gasteiger partial charge in [-0.25, -0.2) is 4.79 Å². The van der Waals surface area contributed by atoms with Crippen molar-refractivity contribution in [2.24, 2.45) is 0 Å². The van der Waals surface area contributed by atoms with Crippen LogP contribution in [0.15, 0.2) is 0 Å². The molecule has 0 atom stereocenters. The first-order valence-corrected chi connectivity index (χ1v) is 7.74. The second-order valence-electron chi connectivity index (χ2n) is 4.09. The van der Waals surface area contributed by atoms with Crippen LogP contribution in [0.2, 0.25) is 19.6 Å². The van der Waals surface area contributed by atoms with Gasteiger partial charge in [0.2, 0.25) is 0 Å². The molecule has 72 valence electrons. The van der Waals surface area contributed by atoms with Crippen LogP contribution >= 0.6 is 0 Å². The van der Waals surface area contributed by atoms with Gasteiger partial charge in [-0.05, 0) is 6.92 Å². The van der Waals surface area contributed by atoms with Crippen molar-refractivity contribution < 1.29 is 4.79 Å². The fraction of sp³-hybridized carbons (Fsp3) is 0.875. The number of rotatable bonds is 2. The van der Waals surface area contributed by atoms with Gasteiger partial charge in [-0.3, -0.25) is 0 Å². The summed E-state index contributed by atoms with van der Waals surface area (Å²) < 4.78 is 1.98. The van der Waals surface area contributed by atoms with E-state index >= 15 is 0 Å². The third kappa shape index (κ3) is 2.85. The number of amides is 2. The predicted octanol–water partition coefficient (Wildman–Crippen LogP) is 1.82. The van der Waals surface area contributed by atoms with Crippen LogP contribution in [-0.2, 0) is 0 Å². The monoisotopic (exact) mass is 188 g/mol. The Hall–Kier alpha value is -0.513. The molecule has 0 spiro atoms. The van der Waals surface area contributed by atoms with E-state index in [0.29, 0.717) is 0 Å². The maximum absolute atomic E-state index is 11.6. The van der Waals surface area contributed by atoms with Crippen LogP contribution in [0, 0.1) is 0 Å². The summed E-state index contributed by atoms with van der Waals surface area (Å²) in [7, 11) is 2.12. The third-order valence-corrected chi connectivity index (χ3v) is 3.87. The average molecular weight is 188 g/mol. The van der Waals surface area contributed by atoms with Gasteiger partial charge in [-0.15, -0.1) is 0 Å². The Morgan fingerprint density at radius 3 is 1.75 bits per heavy atom. The molecule has 0 saturated carbocycles. The molecule has 0 heterocycles. The standard InChI is InChI=1S/C8H20N2OSi/c1-7-10(12(4,5)6)8(11)9(2)3/h7H2,1-6H3. The Balaban J connectivity index is 4.47. The Morgan fingerprint density at radius 1 is 1.25 bits per heavy atom. The molecule has 0 aromatic carbocycles. The highest BCUT2D eigenvalue weighted by atomic mass is 28.3. The summed E-state index contributed by atoms with van der Waals surface area (Å²) in [5, 5.41) is 0. The molecular formula is C8H20N2OSi. The Bertz CT molecular complexity index is 163. The summed E-state index contributed by atoms with van der Waals surface area (Å²) in [6.45, 7) is 9.38. The van der Waals surface area contributed by atoms with Gasteiger partial charge in [0.1, 0.15) is 0 Å². The summed E-state index contributed by atoms with van der Waals surface area (Å²) in [5.41, 5.74) is 0. The molecule has 0 aliphatic rings. The molecule has 0 fully saturated rings. The Morgan fingerprint density at radius 2 is 1.67 bits per heavy atom. The molecule has 0 radical (unpaired) electrons. The Kier molecular flexibility index (Phi) is 3.77. The molecular weight excluding hydrogens is 168 g/mol. The van der Waals surface area contributed by atoms with Crippen molar-refractivity contribution in [2.45, 2.75) is 26.6 Å². The van der Waals surface area contributed by atoms with Crippen LogP contribution in [0.25, 0.3) is 0 Å². The maximum Gasteiger partial charge on any atom is 0.311 e. The van der Waals surface area contributed by atoms with E-state index in [-0.39, 0.29) is 6.03 Å². The molecule has 12 heavy (non-hydrogen) atoms. The lowest BCUT2D eigenvalue weighted by Crippen LogP contribution is -2.53. The number of carbonyl (C=O) groups excluding carboxylic acids is 1. The summed E-state index contributed by atoms with van der Waals surface area (Å²) in [6, 6.07) is 0.136. The van der Waals surface area contributed by atoms with Crippen molar-refractivity contribution in [1.82, 2.24) is 9.47 Å². The number of nitrogens with zero attached hydrogens (tertiary/aromatic N) is 2. The molecule has 0 bridgehead atoms. The van der Waals surface area contributed by atoms with Crippen LogP contribution < -0.4 is 0 Å². The first-order valence-electron chi connectivity index (χ1n) is 4.29. The lowest BCUT2D eigenvalue weighted by atomic mass is 10.7. The molecule has 0 rings (SSSR count). The largest absolute Gasteiger partial charge is 0.353 e. The minimum atomic E-state index is -1.47. The Labute approximate surface area is 76.4 Å². The molecule has 3 nitrogen and oxygen atoms in total. The summed E-state index contributed by atoms with van der Waals surface area (Å²) >= 11 is 0. The van der Waals surface area contributed by atoms with Crippen LogP contribution in [0.3, 0.4) is 0 Å². The summed E-state index contributed by atoms with van der Waals surface area (Å²) in [6.07, 6.45) is 0. The van der Waals surface area contributed by atoms with Gasteiger partial charge in [0.05, 0.1) is 0 Å². The second kappa shape index (κ2) is 3.94. The summed E-state index contributed by atoms with van der Waals surface area (Å²) in [5.74, 6) is 0. The van der Waals surface area contributed by atoms with E-state index in [1.807, 2.05) is 11.5 Å². The van der Waals surface area contributed by atoms with E-state index in [2.05, 4.69) is 19.6 Å². The zero-order chi connectivity index (χ0) is 9.94. The van der Waals surface area contributed by atoms with Crippen LogP contribution in [0.5, 0.6) is 0 Å². The molecule has 0 aromatic rings. The van der Waals surface area contributed by atoms with Crippen molar-refractivity contribution >= 4 is 14.3 Å². The molecule has 0 aliphatic carbocycles. The van der Waals surface area contributed by atoms with Gasteiger partial charge < -0.3 is 9.47 Å². The van der Waals surface area contributed by atoms with Gasteiger partial charge >= 0.3 is 6.03 Å². The van der Waals surface area contributed by atoms with E-state index in [1.165, 1.54) is 0 Å². The van der Waals surface area contributed by atoms with Gasteiger partial charge in [0.25, 0.3) is 0 Å². The first kappa shape index (κ1) is 11.5. The van der Waals surface area contributed by atoms with E-state index in [9.17, 15) is 4.79 Å². The number of urea groups is 1. The number of hydrogen-bond donors (Lipinski definition) is 0. The smallest absolute Gasteiger partial charge is 0.311 e. The van der Waals surface area contributed by atoms with Crippen molar-refractivity contribution in [2.75, 3.05) is 20.6 Å². The second-order valence-corrected chi connectivity index (χ2v) is 8.97. The molecule has 2 amide bonds. The van der Waals surface area contributed by atoms with E-state index in [0.717, 1.165) is 6.54 Å². The number of hydrogen-bond acceptors (Lipinski definition) is 1. The van der Waals surface area contributed by atoms with Crippen LogP contribution in [-0.4, -0.2) is 44.4 Å². The lowest BCUT2D eigenvalue weighted by molar-refractivity contribution is 0.197. The van der Waals surface area contributed by atoms with Gasteiger partial charge in [0, 0.05) is 20.6 Å². The summed E-state index contributed by atoms with van der Waals surface area (Å²) in [4.78, 5) is 13.2. The quantitative estimate of drug-likeness (QED) is 0.606.